The van der Waals surface area contributed by atoms with Crippen molar-refractivity contribution in [3.8, 4) is 0 Å². The van der Waals surface area contributed by atoms with E-state index >= 15 is 0 Å². The molecule has 0 bridgehead atoms. The molecular formula is C19H24N4O3S. The number of carbonyl (C=O) groups excluding carboxylic acids is 1. The maximum atomic E-state index is 13.2. The summed E-state index contributed by atoms with van der Waals surface area (Å²) in [5, 5.41) is 7.39. The van der Waals surface area contributed by atoms with Crippen LogP contribution in [0.3, 0.4) is 0 Å². The quantitative estimate of drug-likeness (QED) is 0.853. The van der Waals surface area contributed by atoms with E-state index in [1.165, 1.54) is 17.1 Å². The number of nitrogens with one attached hydrogen (secondary N) is 1. The van der Waals surface area contributed by atoms with Crippen molar-refractivity contribution < 1.29 is 13.2 Å². The summed E-state index contributed by atoms with van der Waals surface area (Å²) in [5.74, 6) is 0.460. The fraction of sp³-hybridized carbons (Fsp3) is 0.474. The van der Waals surface area contributed by atoms with E-state index in [1.54, 1.807) is 32.0 Å². The highest BCUT2D eigenvalue weighted by Gasteiger charge is 2.33. The predicted octanol–water partition coefficient (Wildman–Crippen LogP) is 2.62. The highest BCUT2D eigenvalue weighted by molar-refractivity contribution is 7.89. The normalized spacial score (nSPS) is 17.6. The molecule has 1 aliphatic carbocycles. The van der Waals surface area contributed by atoms with Gasteiger partial charge >= 0.3 is 0 Å². The van der Waals surface area contributed by atoms with Gasteiger partial charge in [0.15, 0.2) is 0 Å². The minimum atomic E-state index is -3.60. The van der Waals surface area contributed by atoms with E-state index in [0.29, 0.717) is 43.2 Å². The first-order valence-corrected chi connectivity index (χ1v) is 10.8. The van der Waals surface area contributed by atoms with Crippen LogP contribution in [-0.4, -0.2) is 35.0 Å². The van der Waals surface area contributed by atoms with E-state index in [4.69, 9.17) is 0 Å². The summed E-state index contributed by atoms with van der Waals surface area (Å²) in [4.78, 5) is 11.8. The van der Waals surface area contributed by atoms with Crippen molar-refractivity contribution in [3.05, 3.63) is 41.2 Å². The van der Waals surface area contributed by atoms with Crippen LogP contribution < -0.4 is 5.32 Å². The van der Waals surface area contributed by atoms with Gasteiger partial charge < -0.3 is 5.32 Å². The Hall–Kier alpha value is -2.19. The smallest absolute Gasteiger partial charge is 0.243 e. The highest BCUT2D eigenvalue weighted by atomic mass is 32.2. The van der Waals surface area contributed by atoms with E-state index in [1.807, 2.05) is 4.68 Å². The molecule has 2 aromatic rings. The van der Waals surface area contributed by atoms with Gasteiger partial charge in [-0.1, -0.05) is 6.92 Å². The largest absolute Gasteiger partial charge is 0.326 e. The number of carbonyl (C=O) groups is 1. The summed E-state index contributed by atoms with van der Waals surface area (Å²) in [6.07, 6.45) is 2.74. The number of benzene rings is 1. The summed E-state index contributed by atoms with van der Waals surface area (Å²) < 4.78 is 29.8. The number of fused-ring (bicyclic) bond motifs is 1. The number of sulfonamides is 1. The van der Waals surface area contributed by atoms with Crippen molar-refractivity contribution in [1.82, 2.24) is 14.1 Å². The summed E-state index contributed by atoms with van der Waals surface area (Å²) >= 11 is 0. The van der Waals surface area contributed by atoms with Crippen LogP contribution in [0, 0.1) is 6.92 Å². The Kier molecular flexibility index (Phi) is 4.55. The Labute approximate surface area is 159 Å². The van der Waals surface area contributed by atoms with Gasteiger partial charge in [0.1, 0.15) is 0 Å². The maximum absolute atomic E-state index is 13.2. The first-order valence-electron chi connectivity index (χ1n) is 9.35. The summed E-state index contributed by atoms with van der Waals surface area (Å²) in [6.45, 7) is 4.86. The van der Waals surface area contributed by atoms with Gasteiger partial charge in [0, 0.05) is 24.6 Å². The van der Waals surface area contributed by atoms with Crippen LogP contribution in [0.15, 0.2) is 29.2 Å². The number of amides is 1. The molecule has 8 heteroatoms. The summed E-state index contributed by atoms with van der Waals surface area (Å²) in [6, 6.07) is 6.99. The van der Waals surface area contributed by atoms with Crippen LogP contribution in [0.4, 0.5) is 5.69 Å². The zero-order chi connectivity index (χ0) is 19.2. The molecule has 1 N–H and O–H groups in total. The van der Waals surface area contributed by atoms with Crippen LogP contribution in [0.25, 0.3) is 0 Å². The first kappa shape index (κ1) is 18.2. The molecule has 0 spiro atoms. The van der Waals surface area contributed by atoms with E-state index in [2.05, 4.69) is 16.5 Å². The van der Waals surface area contributed by atoms with Crippen LogP contribution in [0.2, 0.25) is 0 Å². The molecule has 0 radical (unpaired) electrons. The number of anilines is 1. The number of hydrogen-bond acceptors (Lipinski definition) is 4. The fourth-order valence-corrected chi connectivity index (χ4v) is 5.06. The predicted molar refractivity (Wildman–Crippen MR) is 102 cm³/mol. The Bertz CT molecular complexity index is 992. The minimum Gasteiger partial charge on any atom is -0.326 e. The first-order chi connectivity index (χ1) is 12.9. The van der Waals surface area contributed by atoms with Crippen molar-refractivity contribution in [2.45, 2.75) is 57.0 Å². The zero-order valence-corrected chi connectivity index (χ0v) is 16.4. The summed E-state index contributed by atoms with van der Waals surface area (Å²) in [5.41, 5.74) is 3.29. The van der Waals surface area contributed by atoms with Crippen LogP contribution in [-0.2, 0) is 27.9 Å². The van der Waals surface area contributed by atoms with E-state index < -0.39 is 10.0 Å². The number of aromatic nitrogens is 2. The molecule has 1 saturated carbocycles. The molecule has 2 heterocycles. The van der Waals surface area contributed by atoms with Crippen molar-refractivity contribution in [1.29, 1.82) is 0 Å². The Morgan fingerprint density at radius 1 is 1.26 bits per heavy atom. The standard InChI is InChI=1S/C19H24N4O3S/c1-3-19(24)20-15-6-7-18(13(2)10-15)27(25,26)22-8-9-23-16(12-22)11-17(21-23)14-4-5-14/h6-7,10-11,14H,3-5,8-9,12H2,1-2H3,(H,20,24). The van der Waals surface area contributed by atoms with Gasteiger partial charge in [-0.2, -0.15) is 9.40 Å². The van der Waals surface area contributed by atoms with E-state index in [9.17, 15) is 13.2 Å². The maximum Gasteiger partial charge on any atom is 0.243 e. The topological polar surface area (TPSA) is 84.3 Å². The Morgan fingerprint density at radius 2 is 2.04 bits per heavy atom. The van der Waals surface area contributed by atoms with Gasteiger partial charge in [0.05, 0.1) is 29.4 Å². The lowest BCUT2D eigenvalue weighted by molar-refractivity contribution is -0.115. The van der Waals surface area contributed by atoms with Gasteiger partial charge in [-0.3, -0.25) is 9.48 Å². The lowest BCUT2D eigenvalue weighted by atomic mass is 10.2. The Morgan fingerprint density at radius 3 is 2.70 bits per heavy atom. The average Bonchev–Trinajstić information content (AvgIpc) is 3.40. The second kappa shape index (κ2) is 6.76. The molecule has 0 saturated heterocycles. The molecule has 0 atom stereocenters. The molecule has 144 valence electrons. The van der Waals surface area contributed by atoms with Crippen molar-refractivity contribution in [3.63, 3.8) is 0 Å². The second-order valence-corrected chi connectivity index (χ2v) is 9.18. The molecule has 1 fully saturated rings. The number of aryl methyl sites for hydroxylation is 1. The monoisotopic (exact) mass is 388 g/mol. The number of rotatable bonds is 5. The lowest BCUT2D eigenvalue weighted by Crippen LogP contribution is -2.38. The van der Waals surface area contributed by atoms with Crippen molar-refractivity contribution in [2.24, 2.45) is 0 Å². The minimum absolute atomic E-state index is 0.0965. The molecular weight excluding hydrogens is 364 g/mol. The van der Waals surface area contributed by atoms with Gasteiger partial charge in [-0.15, -0.1) is 0 Å². The molecule has 1 amide bonds. The molecule has 4 rings (SSSR count). The third-order valence-electron chi connectivity index (χ3n) is 5.18. The van der Waals surface area contributed by atoms with E-state index in [0.717, 1.165) is 11.4 Å². The highest BCUT2D eigenvalue weighted by Crippen LogP contribution is 2.40. The molecule has 27 heavy (non-hydrogen) atoms. The van der Waals surface area contributed by atoms with Gasteiger partial charge in [-0.25, -0.2) is 8.42 Å². The lowest BCUT2D eigenvalue weighted by Gasteiger charge is -2.27. The van der Waals surface area contributed by atoms with Crippen molar-refractivity contribution in [2.75, 3.05) is 11.9 Å². The third kappa shape index (κ3) is 3.51. The molecule has 1 aliphatic heterocycles. The van der Waals surface area contributed by atoms with Crippen LogP contribution in [0.5, 0.6) is 0 Å². The molecule has 0 unspecified atom stereocenters. The van der Waals surface area contributed by atoms with Crippen LogP contribution >= 0.6 is 0 Å². The fourth-order valence-electron chi connectivity index (χ4n) is 3.45. The third-order valence-corrected chi connectivity index (χ3v) is 7.18. The average molecular weight is 388 g/mol. The van der Waals surface area contributed by atoms with Gasteiger partial charge in [0.25, 0.3) is 0 Å². The molecule has 7 nitrogen and oxygen atoms in total. The molecule has 2 aliphatic rings. The van der Waals surface area contributed by atoms with Gasteiger partial charge in [0.2, 0.25) is 15.9 Å². The summed E-state index contributed by atoms with van der Waals surface area (Å²) in [7, 11) is -3.60. The second-order valence-electron chi connectivity index (χ2n) is 7.28. The van der Waals surface area contributed by atoms with E-state index in [-0.39, 0.29) is 10.8 Å². The molecule has 1 aromatic carbocycles. The SMILES string of the molecule is CCC(=O)Nc1ccc(S(=O)(=O)N2CCn3nc(C4CC4)cc3C2)c(C)c1. The Balaban J connectivity index is 1.56. The molecule has 1 aromatic heterocycles. The van der Waals surface area contributed by atoms with Crippen molar-refractivity contribution >= 4 is 21.6 Å². The van der Waals surface area contributed by atoms with Crippen LogP contribution in [0.1, 0.15) is 49.1 Å². The number of hydrogen-bond donors (Lipinski definition) is 1. The number of nitrogens with zero attached hydrogens (tertiary/aromatic N) is 3. The van der Waals surface area contributed by atoms with Gasteiger partial charge in [-0.05, 0) is 49.6 Å². The zero-order valence-electron chi connectivity index (χ0n) is 15.6.